The average Bonchev–Trinajstić information content (AvgIpc) is 3.59. The summed E-state index contributed by atoms with van der Waals surface area (Å²) < 4.78 is 5.73. The Hall–Kier alpha value is -5.16. The highest BCUT2D eigenvalue weighted by atomic mass is 32.1. The highest BCUT2D eigenvalue weighted by molar-refractivity contribution is 7.10. The van der Waals surface area contributed by atoms with Crippen LogP contribution >= 0.6 is 11.3 Å². The van der Waals surface area contributed by atoms with Crippen molar-refractivity contribution in [1.29, 1.82) is 0 Å². The Labute approximate surface area is 219 Å². The monoisotopic (exact) mass is 525 g/mol. The molecule has 0 fully saturated rings. The SMILES string of the molecule is C=C(C1=CC(=O)C(=O)C=C1)c1nc(COc2ccc(C=NNC(=O)c3ccc4nc[nH]c4c3)c(O)c2)cs1. The summed E-state index contributed by atoms with van der Waals surface area (Å²) in [6, 6.07) is 9.74. The van der Waals surface area contributed by atoms with E-state index in [1.54, 1.807) is 48.1 Å². The Morgan fingerprint density at radius 3 is 2.87 bits per heavy atom. The topological polar surface area (TPSA) is 147 Å². The van der Waals surface area contributed by atoms with Crippen LogP contribution in [0, 0.1) is 0 Å². The number of ketones is 2. The summed E-state index contributed by atoms with van der Waals surface area (Å²) in [6.45, 7) is 4.11. The summed E-state index contributed by atoms with van der Waals surface area (Å²) in [6.07, 6.45) is 6.90. The van der Waals surface area contributed by atoms with Crippen LogP contribution in [0.2, 0.25) is 0 Å². The number of ether oxygens (including phenoxy) is 1. The maximum absolute atomic E-state index is 12.3. The first-order chi connectivity index (χ1) is 18.4. The van der Waals surface area contributed by atoms with Crippen LogP contribution in [0.1, 0.15) is 26.6 Å². The Balaban J connectivity index is 1.16. The molecule has 1 amide bonds. The first-order valence-corrected chi connectivity index (χ1v) is 12.1. The number of imidazole rings is 1. The fourth-order valence-electron chi connectivity index (χ4n) is 3.51. The first kappa shape index (κ1) is 24.5. The van der Waals surface area contributed by atoms with Gasteiger partial charge in [0.05, 0.1) is 29.3 Å². The molecule has 0 spiro atoms. The summed E-state index contributed by atoms with van der Waals surface area (Å²) >= 11 is 1.34. The lowest BCUT2D eigenvalue weighted by molar-refractivity contribution is -0.131. The number of thiazole rings is 1. The lowest BCUT2D eigenvalue weighted by atomic mass is 10.00. The van der Waals surface area contributed by atoms with Crippen molar-refractivity contribution >= 4 is 51.6 Å². The first-order valence-electron chi connectivity index (χ1n) is 11.2. The van der Waals surface area contributed by atoms with Gasteiger partial charge in [-0.05, 0) is 48.1 Å². The third-order valence-corrected chi connectivity index (χ3v) is 6.49. The molecule has 0 aliphatic heterocycles. The van der Waals surface area contributed by atoms with Crippen LogP contribution in [-0.4, -0.2) is 43.7 Å². The number of carbonyl (C=O) groups excluding carboxylic acids is 3. The highest BCUT2D eigenvalue weighted by Gasteiger charge is 2.17. The minimum Gasteiger partial charge on any atom is -0.507 e. The zero-order chi connectivity index (χ0) is 26.6. The largest absolute Gasteiger partial charge is 0.507 e. The number of aromatic nitrogens is 3. The number of nitrogens with one attached hydrogen (secondary N) is 2. The van der Waals surface area contributed by atoms with Crippen molar-refractivity contribution in [3.8, 4) is 11.5 Å². The Bertz CT molecular complexity index is 1690. The number of hydrogen-bond acceptors (Lipinski definition) is 9. The molecule has 10 nitrogen and oxygen atoms in total. The van der Waals surface area contributed by atoms with E-state index in [1.807, 2.05) is 0 Å². The molecule has 0 atom stereocenters. The molecule has 0 saturated carbocycles. The number of hydrazone groups is 1. The number of aromatic hydroxyl groups is 1. The van der Waals surface area contributed by atoms with Crippen LogP contribution in [0.3, 0.4) is 0 Å². The second-order valence-corrected chi connectivity index (χ2v) is 8.99. The van der Waals surface area contributed by atoms with Crippen LogP contribution in [0.25, 0.3) is 16.6 Å². The van der Waals surface area contributed by atoms with Gasteiger partial charge in [0.1, 0.15) is 23.1 Å². The second kappa shape index (κ2) is 10.4. The van der Waals surface area contributed by atoms with Crippen LogP contribution in [-0.2, 0) is 16.2 Å². The van der Waals surface area contributed by atoms with Gasteiger partial charge in [-0.25, -0.2) is 15.4 Å². The summed E-state index contributed by atoms with van der Waals surface area (Å²) in [5, 5.41) is 16.7. The molecule has 188 valence electrons. The van der Waals surface area contributed by atoms with Gasteiger partial charge in [0.2, 0.25) is 11.6 Å². The average molecular weight is 526 g/mol. The van der Waals surface area contributed by atoms with E-state index in [0.717, 1.165) is 11.0 Å². The van der Waals surface area contributed by atoms with Crippen LogP contribution in [0.4, 0.5) is 0 Å². The summed E-state index contributed by atoms with van der Waals surface area (Å²) in [5.41, 5.74) is 6.42. The van der Waals surface area contributed by atoms with Gasteiger partial charge in [0.25, 0.3) is 5.91 Å². The summed E-state index contributed by atoms with van der Waals surface area (Å²) in [5.74, 6) is -1.23. The molecule has 2 aromatic heterocycles. The van der Waals surface area contributed by atoms with Crippen LogP contribution in [0.15, 0.2) is 83.6 Å². The van der Waals surface area contributed by atoms with E-state index in [2.05, 4.69) is 32.1 Å². The van der Waals surface area contributed by atoms with Crippen molar-refractivity contribution in [2.24, 2.45) is 5.10 Å². The minimum absolute atomic E-state index is 0.0815. The predicted molar refractivity (Wildman–Crippen MR) is 142 cm³/mol. The number of fused-ring (bicyclic) bond motifs is 1. The van der Waals surface area contributed by atoms with Crippen molar-refractivity contribution < 1.29 is 24.2 Å². The second-order valence-electron chi connectivity index (χ2n) is 8.13. The molecule has 1 aliphatic rings. The molecule has 4 aromatic rings. The third-order valence-electron chi connectivity index (χ3n) is 5.54. The van der Waals surface area contributed by atoms with Gasteiger partial charge in [-0.15, -0.1) is 11.3 Å². The maximum atomic E-state index is 12.3. The molecule has 11 heteroatoms. The number of H-pyrrole nitrogens is 1. The van der Waals surface area contributed by atoms with Crippen molar-refractivity contribution in [2.45, 2.75) is 6.61 Å². The van der Waals surface area contributed by atoms with E-state index in [-0.39, 0.29) is 12.4 Å². The number of aromatic amines is 1. The smallest absolute Gasteiger partial charge is 0.271 e. The van der Waals surface area contributed by atoms with Crippen molar-refractivity contribution in [1.82, 2.24) is 20.4 Å². The van der Waals surface area contributed by atoms with Crippen LogP contribution in [0.5, 0.6) is 11.5 Å². The van der Waals surface area contributed by atoms with E-state index in [9.17, 15) is 19.5 Å². The number of hydrogen-bond donors (Lipinski definition) is 3. The van der Waals surface area contributed by atoms with E-state index >= 15 is 0 Å². The fraction of sp³-hybridized carbons (Fsp3) is 0.0370. The van der Waals surface area contributed by atoms with E-state index in [1.165, 1.54) is 35.8 Å². The molecule has 2 heterocycles. The Morgan fingerprint density at radius 2 is 2.05 bits per heavy atom. The van der Waals surface area contributed by atoms with Gasteiger partial charge in [-0.2, -0.15) is 5.10 Å². The fourth-order valence-corrected chi connectivity index (χ4v) is 4.31. The van der Waals surface area contributed by atoms with Gasteiger partial charge in [0, 0.05) is 28.1 Å². The van der Waals surface area contributed by atoms with E-state index in [4.69, 9.17) is 4.74 Å². The van der Waals surface area contributed by atoms with Crippen LogP contribution < -0.4 is 10.2 Å². The quantitative estimate of drug-likeness (QED) is 0.138. The number of nitrogens with zero attached hydrogens (tertiary/aromatic N) is 3. The van der Waals surface area contributed by atoms with Gasteiger partial charge >= 0.3 is 0 Å². The molecule has 0 saturated heterocycles. The van der Waals surface area contributed by atoms with Gasteiger partial charge < -0.3 is 14.8 Å². The standard InChI is InChI=1S/C27H19N5O5S/c1-15(16-4-7-23(33)25(35)9-16)27-31-19(13-38-27)12-37-20-5-2-18(24(34)10-20)11-30-32-26(36)17-3-6-21-22(8-17)29-14-28-21/h2-11,13-14,34H,1,12H2,(H,28,29)(H,32,36). The number of phenols is 1. The number of benzene rings is 2. The molecular weight excluding hydrogens is 506 g/mol. The molecule has 0 unspecified atom stereocenters. The lowest BCUT2D eigenvalue weighted by Gasteiger charge is -2.07. The maximum Gasteiger partial charge on any atom is 0.271 e. The van der Waals surface area contributed by atoms with Gasteiger partial charge in [-0.3, -0.25) is 14.4 Å². The van der Waals surface area contributed by atoms with Crippen molar-refractivity contribution in [3.63, 3.8) is 0 Å². The van der Waals surface area contributed by atoms with Gasteiger partial charge in [-0.1, -0.05) is 12.7 Å². The summed E-state index contributed by atoms with van der Waals surface area (Å²) in [4.78, 5) is 46.8. The zero-order valence-electron chi connectivity index (χ0n) is 19.7. The predicted octanol–water partition coefficient (Wildman–Crippen LogP) is 3.72. The number of phenolic OH excluding ortho intramolecular Hbond substituents is 1. The summed E-state index contributed by atoms with van der Waals surface area (Å²) in [7, 11) is 0. The number of rotatable bonds is 8. The van der Waals surface area contributed by atoms with Crippen molar-refractivity contribution in [3.05, 3.63) is 100 Å². The normalized spacial score (nSPS) is 13.2. The molecule has 38 heavy (non-hydrogen) atoms. The Morgan fingerprint density at radius 1 is 1.18 bits per heavy atom. The lowest BCUT2D eigenvalue weighted by Crippen LogP contribution is -2.17. The van der Waals surface area contributed by atoms with Gasteiger partial charge in [0.15, 0.2) is 0 Å². The molecule has 5 rings (SSSR count). The molecule has 0 radical (unpaired) electrons. The minimum atomic E-state index is -0.591. The molecule has 1 aliphatic carbocycles. The van der Waals surface area contributed by atoms with Crippen molar-refractivity contribution in [2.75, 3.05) is 0 Å². The van der Waals surface area contributed by atoms with E-state index in [0.29, 0.717) is 38.7 Å². The molecular formula is C27H19N5O5S. The highest BCUT2D eigenvalue weighted by Crippen LogP contribution is 2.28. The third kappa shape index (κ3) is 5.32. The number of amides is 1. The molecule has 2 aromatic carbocycles. The molecule has 3 N–H and O–H groups in total. The molecule has 0 bridgehead atoms. The zero-order valence-corrected chi connectivity index (χ0v) is 20.5. The number of carbonyl (C=O) groups is 3. The van der Waals surface area contributed by atoms with E-state index < -0.39 is 17.5 Å². The number of allylic oxidation sites excluding steroid dienone is 5. The Kier molecular flexibility index (Phi) is 6.74.